The molecule has 0 saturated carbocycles. The average Bonchev–Trinajstić information content (AvgIpc) is 3.74. The Kier molecular flexibility index (Phi) is 8.54. The number of hydrogen-bond acceptors (Lipinski definition) is 9. The molecule has 4 aromatic rings. The smallest absolute Gasteiger partial charge is 0.416 e. The molecule has 2 aromatic carbocycles. The summed E-state index contributed by atoms with van der Waals surface area (Å²) in [6, 6.07) is 8.63. The first-order valence-electron chi connectivity index (χ1n) is 13.1. The Morgan fingerprint density at radius 1 is 1.12 bits per heavy atom. The summed E-state index contributed by atoms with van der Waals surface area (Å²) < 4.78 is 47.1. The number of hydrogen-bond donors (Lipinski definition) is 2. The van der Waals surface area contributed by atoms with Crippen LogP contribution < -0.4 is 10.6 Å². The van der Waals surface area contributed by atoms with E-state index in [4.69, 9.17) is 0 Å². The number of alkyl halides is 3. The molecule has 0 bridgehead atoms. The van der Waals surface area contributed by atoms with Crippen LogP contribution >= 0.6 is 11.3 Å². The van der Waals surface area contributed by atoms with Gasteiger partial charge in [0, 0.05) is 24.0 Å². The number of nitrogens with zero attached hydrogens (tertiary/aromatic N) is 5. The number of likely N-dealkylation sites (tertiary alicyclic amines) is 1. The lowest BCUT2D eigenvalue weighted by atomic mass is 10.1. The van der Waals surface area contributed by atoms with Crippen LogP contribution in [0.3, 0.4) is 0 Å². The highest BCUT2D eigenvalue weighted by Gasteiger charge is 2.31. The number of ether oxygens (including phenoxy) is 1. The maximum atomic E-state index is 13.7. The second kappa shape index (κ2) is 12.3. The Balaban J connectivity index is 1.34. The third-order valence-electron chi connectivity index (χ3n) is 6.76. The molecule has 10 nitrogen and oxygen atoms in total. The van der Waals surface area contributed by atoms with Crippen molar-refractivity contribution in [1.29, 1.82) is 0 Å². The van der Waals surface area contributed by atoms with Gasteiger partial charge in [0.05, 0.1) is 29.4 Å². The second-order valence-electron chi connectivity index (χ2n) is 9.86. The normalized spacial score (nSPS) is 13.7. The summed E-state index contributed by atoms with van der Waals surface area (Å²) in [4.78, 5) is 31.6. The van der Waals surface area contributed by atoms with Gasteiger partial charge in [-0.2, -0.15) is 13.2 Å². The number of carbonyl (C=O) groups excluding carboxylic acids is 2. The van der Waals surface area contributed by atoms with Crippen LogP contribution in [0.15, 0.2) is 48.8 Å². The van der Waals surface area contributed by atoms with Crippen LogP contribution in [0.1, 0.15) is 39.9 Å². The van der Waals surface area contributed by atoms with Gasteiger partial charge in [-0.25, -0.2) is 9.67 Å². The minimum atomic E-state index is -4.54. The van der Waals surface area contributed by atoms with Gasteiger partial charge in [-0.05, 0) is 74.3 Å². The van der Waals surface area contributed by atoms with Gasteiger partial charge in [0.15, 0.2) is 5.13 Å². The highest BCUT2D eigenvalue weighted by atomic mass is 32.1. The first-order chi connectivity index (χ1) is 20.1. The highest BCUT2D eigenvalue weighted by Crippen LogP contribution is 2.33. The van der Waals surface area contributed by atoms with Gasteiger partial charge in [0.2, 0.25) is 0 Å². The fraction of sp³-hybridized carbons (Fsp3) is 0.321. The summed E-state index contributed by atoms with van der Waals surface area (Å²) in [6.45, 7) is 3.88. The summed E-state index contributed by atoms with van der Waals surface area (Å²) in [5.74, 6) is -0.973. The van der Waals surface area contributed by atoms with E-state index in [1.807, 2.05) is 6.92 Å². The summed E-state index contributed by atoms with van der Waals surface area (Å²) in [6.07, 6.45) is 0.774. The quantitative estimate of drug-likeness (QED) is 0.254. The highest BCUT2D eigenvalue weighted by molar-refractivity contribution is 7.18. The molecule has 2 aromatic heterocycles. The molecule has 1 saturated heterocycles. The monoisotopic (exact) mass is 599 g/mol. The van der Waals surface area contributed by atoms with E-state index in [0.29, 0.717) is 33.5 Å². The maximum absolute atomic E-state index is 13.7. The zero-order chi connectivity index (χ0) is 29.9. The van der Waals surface area contributed by atoms with E-state index in [0.717, 1.165) is 43.6 Å². The molecular formula is C28H28F3N7O3S. The number of benzene rings is 2. The summed E-state index contributed by atoms with van der Waals surface area (Å²) in [7, 11) is 1.30. The van der Waals surface area contributed by atoms with Gasteiger partial charge < -0.3 is 15.4 Å². The van der Waals surface area contributed by atoms with Crippen LogP contribution in [-0.4, -0.2) is 63.5 Å². The predicted molar refractivity (Wildman–Crippen MR) is 152 cm³/mol. The standard InChI is InChI=1S/C28H28F3N7O3S/c1-17-5-6-19(11-23(17)38-16-22(35-36-38)24-13-32-27(42-24)33-14-25(39)41-2)26(40)34-21-10-18(15-37-7-3-4-8-37)9-20(12-21)28(29,30)31/h5-6,9-13,16H,3-4,7-8,14-15H2,1-2H3,(H,32,33)(H,34,40). The van der Waals surface area contributed by atoms with Crippen LogP contribution in [0.5, 0.6) is 0 Å². The fourth-order valence-electron chi connectivity index (χ4n) is 4.61. The number of carbonyl (C=O) groups is 2. The van der Waals surface area contributed by atoms with Crippen molar-refractivity contribution in [3.05, 3.63) is 71.0 Å². The lowest BCUT2D eigenvalue weighted by Gasteiger charge is -2.18. The molecule has 220 valence electrons. The third kappa shape index (κ3) is 6.94. The maximum Gasteiger partial charge on any atom is 0.416 e. The number of anilines is 2. The topological polar surface area (TPSA) is 114 Å². The Hall–Kier alpha value is -4.30. The molecule has 1 amide bonds. The molecule has 0 aliphatic carbocycles. The van der Waals surface area contributed by atoms with Crippen LogP contribution in [0.25, 0.3) is 16.3 Å². The molecule has 1 fully saturated rings. The van der Waals surface area contributed by atoms with E-state index in [-0.39, 0.29) is 17.8 Å². The first kappa shape index (κ1) is 29.2. The van der Waals surface area contributed by atoms with E-state index >= 15 is 0 Å². The average molecular weight is 600 g/mol. The van der Waals surface area contributed by atoms with Crippen molar-refractivity contribution in [1.82, 2.24) is 24.9 Å². The zero-order valence-electron chi connectivity index (χ0n) is 22.9. The molecule has 3 heterocycles. The predicted octanol–water partition coefficient (Wildman–Crippen LogP) is 5.15. The van der Waals surface area contributed by atoms with Gasteiger partial charge in [-0.3, -0.25) is 14.5 Å². The van der Waals surface area contributed by atoms with Crippen molar-refractivity contribution in [2.45, 2.75) is 32.5 Å². The number of amides is 1. The number of aryl methyl sites for hydroxylation is 1. The van der Waals surface area contributed by atoms with Crippen LogP contribution in [-0.2, 0) is 22.3 Å². The molecule has 5 rings (SSSR count). The van der Waals surface area contributed by atoms with Gasteiger partial charge >= 0.3 is 12.1 Å². The molecule has 0 radical (unpaired) electrons. The summed E-state index contributed by atoms with van der Waals surface area (Å²) >= 11 is 1.28. The molecule has 42 heavy (non-hydrogen) atoms. The molecule has 14 heteroatoms. The van der Waals surface area contributed by atoms with Crippen LogP contribution in [0.4, 0.5) is 24.0 Å². The number of halogens is 3. The Morgan fingerprint density at radius 2 is 1.90 bits per heavy atom. The molecule has 1 aliphatic heterocycles. The molecule has 1 aliphatic rings. The molecular weight excluding hydrogens is 571 g/mol. The second-order valence-corrected chi connectivity index (χ2v) is 10.9. The lowest BCUT2D eigenvalue weighted by Crippen LogP contribution is -2.20. The number of methoxy groups -OCH3 is 1. The van der Waals surface area contributed by atoms with Crippen LogP contribution in [0, 0.1) is 6.92 Å². The van der Waals surface area contributed by atoms with Crippen molar-refractivity contribution >= 4 is 34.0 Å². The number of nitrogens with one attached hydrogen (secondary N) is 2. The first-order valence-corrected chi connectivity index (χ1v) is 14.0. The summed E-state index contributed by atoms with van der Waals surface area (Å²) in [5, 5.41) is 14.4. The fourth-order valence-corrected chi connectivity index (χ4v) is 5.37. The van der Waals surface area contributed by atoms with E-state index in [1.54, 1.807) is 36.7 Å². The number of esters is 1. The van der Waals surface area contributed by atoms with Crippen molar-refractivity contribution in [2.24, 2.45) is 0 Å². The Labute approximate surface area is 243 Å². The number of rotatable bonds is 9. The number of thiazole rings is 1. The SMILES string of the molecule is COC(=O)CNc1ncc(-c2cn(-c3cc(C(=O)Nc4cc(CN5CCCC5)cc(C(F)(F)F)c4)ccc3C)nn2)s1. The lowest BCUT2D eigenvalue weighted by molar-refractivity contribution is -0.139. The largest absolute Gasteiger partial charge is 0.468 e. The van der Waals surface area contributed by atoms with E-state index in [1.165, 1.54) is 23.1 Å². The Bertz CT molecular complexity index is 1600. The van der Waals surface area contributed by atoms with Crippen LogP contribution in [0.2, 0.25) is 0 Å². The van der Waals surface area contributed by atoms with Crippen molar-refractivity contribution in [3.8, 4) is 16.3 Å². The van der Waals surface area contributed by atoms with Gasteiger partial charge in [-0.1, -0.05) is 22.6 Å². The zero-order valence-corrected chi connectivity index (χ0v) is 23.7. The third-order valence-corrected chi connectivity index (χ3v) is 7.74. The van der Waals surface area contributed by atoms with E-state index in [2.05, 4.69) is 35.6 Å². The van der Waals surface area contributed by atoms with Crippen molar-refractivity contribution in [2.75, 3.05) is 37.4 Å². The van der Waals surface area contributed by atoms with E-state index < -0.39 is 23.6 Å². The Morgan fingerprint density at radius 3 is 2.64 bits per heavy atom. The van der Waals surface area contributed by atoms with Gasteiger partial charge in [0.25, 0.3) is 5.91 Å². The molecule has 0 atom stereocenters. The minimum Gasteiger partial charge on any atom is -0.468 e. The number of aromatic nitrogens is 4. The molecule has 0 spiro atoms. The van der Waals surface area contributed by atoms with Gasteiger partial charge in [0.1, 0.15) is 12.2 Å². The minimum absolute atomic E-state index is 0.0234. The van der Waals surface area contributed by atoms with Gasteiger partial charge in [-0.15, -0.1) is 5.10 Å². The molecule has 2 N–H and O–H groups in total. The summed E-state index contributed by atoms with van der Waals surface area (Å²) in [5.41, 5.74) is 1.93. The van der Waals surface area contributed by atoms with Crippen molar-refractivity contribution < 1.29 is 27.5 Å². The van der Waals surface area contributed by atoms with Crippen molar-refractivity contribution in [3.63, 3.8) is 0 Å². The van der Waals surface area contributed by atoms with E-state index in [9.17, 15) is 22.8 Å². The molecule has 0 unspecified atom stereocenters.